The van der Waals surface area contributed by atoms with Crippen molar-refractivity contribution in [3.05, 3.63) is 0 Å². The quantitative estimate of drug-likeness (QED) is 0.660. The standard InChI is InChI=1S/C12H21NO4/c1-7(6-14)8(2)13-11(15)9-4-3-5-10(9)12(16)17/h7-10,14H,3-6H2,1-2H3,(H,13,15)(H,16,17)/t7?,8?,9-,10+/m1/s1. The van der Waals surface area contributed by atoms with Crippen molar-refractivity contribution < 1.29 is 19.8 Å². The molecule has 1 saturated carbocycles. The van der Waals surface area contributed by atoms with Gasteiger partial charge in [0.05, 0.1) is 11.8 Å². The minimum Gasteiger partial charge on any atom is -0.481 e. The average Bonchev–Trinajstić information content (AvgIpc) is 2.76. The zero-order valence-electron chi connectivity index (χ0n) is 10.3. The van der Waals surface area contributed by atoms with E-state index < -0.39 is 17.8 Å². The molecule has 0 aromatic rings. The summed E-state index contributed by atoms with van der Waals surface area (Å²) in [6, 6.07) is -0.137. The van der Waals surface area contributed by atoms with Crippen LogP contribution in [0.3, 0.4) is 0 Å². The number of hydrogen-bond donors (Lipinski definition) is 3. The molecule has 0 spiro atoms. The largest absolute Gasteiger partial charge is 0.481 e. The van der Waals surface area contributed by atoms with Crippen LogP contribution in [-0.4, -0.2) is 34.7 Å². The molecule has 5 heteroatoms. The van der Waals surface area contributed by atoms with E-state index in [9.17, 15) is 9.59 Å². The summed E-state index contributed by atoms with van der Waals surface area (Å²) in [5.74, 6) is -2.07. The fourth-order valence-electron chi connectivity index (χ4n) is 2.20. The molecular formula is C12H21NO4. The van der Waals surface area contributed by atoms with Gasteiger partial charge in [0.1, 0.15) is 0 Å². The highest BCUT2D eigenvalue weighted by Gasteiger charge is 2.38. The van der Waals surface area contributed by atoms with Crippen LogP contribution in [0.4, 0.5) is 0 Å². The predicted octanol–water partition coefficient (Wildman–Crippen LogP) is 0.620. The van der Waals surface area contributed by atoms with Crippen molar-refractivity contribution in [1.29, 1.82) is 0 Å². The van der Waals surface area contributed by atoms with Crippen LogP contribution in [0.5, 0.6) is 0 Å². The molecule has 0 aromatic carbocycles. The van der Waals surface area contributed by atoms with Gasteiger partial charge in [0.15, 0.2) is 0 Å². The van der Waals surface area contributed by atoms with E-state index in [1.807, 2.05) is 13.8 Å². The number of hydrogen-bond acceptors (Lipinski definition) is 3. The van der Waals surface area contributed by atoms with Crippen molar-refractivity contribution >= 4 is 11.9 Å². The summed E-state index contributed by atoms with van der Waals surface area (Å²) < 4.78 is 0. The number of carbonyl (C=O) groups is 2. The van der Waals surface area contributed by atoms with Gasteiger partial charge in [0.25, 0.3) is 0 Å². The molecule has 2 unspecified atom stereocenters. The molecule has 0 heterocycles. The Morgan fingerprint density at radius 2 is 1.88 bits per heavy atom. The van der Waals surface area contributed by atoms with E-state index >= 15 is 0 Å². The van der Waals surface area contributed by atoms with Crippen LogP contribution in [0.15, 0.2) is 0 Å². The Bertz CT molecular complexity index is 292. The number of rotatable bonds is 5. The molecule has 1 aliphatic rings. The SMILES string of the molecule is CC(CO)C(C)NC(=O)[C@@H]1CCC[C@@H]1C(=O)O. The number of aliphatic hydroxyl groups excluding tert-OH is 1. The minimum absolute atomic E-state index is 0.00841. The predicted molar refractivity (Wildman–Crippen MR) is 62.3 cm³/mol. The molecule has 1 rings (SSSR count). The lowest BCUT2D eigenvalue weighted by Crippen LogP contribution is -2.43. The van der Waals surface area contributed by atoms with Crippen LogP contribution in [0.1, 0.15) is 33.1 Å². The number of carbonyl (C=O) groups excluding carboxylic acids is 1. The van der Waals surface area contributed by atoms with Gasteiger partial charge < -0.3 is 15.5 Å². The normalized spacial score (nSPS) is 27.5. The Kier molecular flexibility index (Phi) is 4.93. The van der Waals surface area contributed by atoms with Crippen molar-refractivity contribution in [3.63, 3.8) is 0 Å². The summed E-state index contributed by atoms with van der Waals surface area (Å²) in [5.41, 5.74) is 0. The lowest BCUT2D eigenvalue weighted by atomic mass is 9.94. The third-order valence-electron chi connectivity index (χ3n) is 3.68. The van der Waals surface area contributed by atoms with Gasteiger partial charge in [-0.05, 0) is 25.7 Å². The van der Waals surface area contributed by atoms with Gasteiger partial charge in [-0.1, -0.05) is 13.3 Å². The first-order valence-corrected chi connectivity index (χ1v) is 6.11. The van der Waals surface area contributed by atoms with Crippen molar-refractivity contribution in [2.45, 2.75) is 39.2 Å². The van der Waals surface area contributed by atoms with Crippen LogP contribution in [0, 0.1) is 17.8 Å². The van der Waals surface area contributed by atoms with Gasteiger partial charge in [-0.25, -0.2) is 0 Å². The van der Waals surface area contributed by atoms with Crippen molar-refractivity contribution in [2.75, 3.05) is 6.61 Å². The molecule has 1 amide bonds. The van der Waals surface area contributed by atoms with Crippen LogP contribution >= 0.6 is 0 Å². The maximum Gasteiger partial charge on any atom is 0.307 e. The maximum atomic E-state index is 11.9. The number of aliphatic carboxylic acids is 1. The van der Waals surface area contributed by atoms with Gasteiger partial charge in [-0.2, -0.15) is 0 Å². The molecule has 0 saturated heterocycles. The topological polar surface area (TPSA) is 86.6 Å². The van der Waals surface area contributed by atoms with Gasteiger partial charge in [0.2, 0.25) is 5.91 Å². The Morgan fingerprint density at radius 3 is 2.41 bits per heavy atom. The fourth-order valence-corrected chi connectivity index (χ4v) is 2.20. The molecule has 98 valence electrons. The lowest BCUT2D eigenvalue weighted by Gasteiger charge is -2.23. The van der Waals surface area contributed by atoms with E-state index in [-0.39, 0.29) is 24.5 Å². The second kappa shape index (κ2) is 6.00. The molecule has 0 bridgehead atoms. The molecule has 17 heavy (non-hydrogen) atoms. The van der Waals surface area contributed by atoms with Crippen LogP contribution in [0.25, 0.3) is 0 Å². The zero-order valence-corrected chi connectivity index (χ0v) is 10.3. The van der Waals surface area contributed by atoms with Gasteiger partial charge >= 0.3 is 5.97 Å². The maximum absolute atomic E-state index is 11.9. The van der Waals surface area contributed by atoms with Crippen LogP contribution in [-0.2, 0) is 9.59 Å². The third kappa shape index (κ3) is 3.43. The van der Waals surface area contributed by atoms with E-state index in [1.54, 1.807) is 0 Å². The minimum atomic E-state index is -0.884. The first kappa shape index (κ1) is 14.0. The Labute approximate surface area is 101 Å². The monoisotopic (exact) mass is 243 g/mol. The first-order valence-electron chi connectivity index (χ1n) is 6.11. The number of carboxylic acid groups (broad SMARTS) is 1. The van der Waals surface area contributed by atoms with Gasteiger partial charge in [-0.3, -0.25) is 9.59 Å². The van der Waals surface area contributed by atoms with Gasteiger partial charge in [0, 0.05) is 12.6 Å². The number of amides is 1. The lowest BCUT2D eigenvalue weighted by molar-refractivity contribution is -0.146. The molecule has 0 radical (unpaired) electrons. The van der Waals surface area contributed by atoms with E-state index in [4.69, 9.17) is 10.2 Å². The zero-order chi connectivity index (χ0) is 13.0. The highest BCUT2D eigenvalue weighted by Crippen LogP contribution is 2.32. The summed E-state index contributed by atoms with van der Waals surface area (Å²) in [7, 11) is 0. The van der Waals surface area contributed by atoms with E-state index in [2.05, 4.69) is 5.32 Å². The summed E-state index contributed by atoms with van der Waals surface area (Å²) in [4.78, 5) is 22.9. The molecule has 1 aliphatic carbocycles. The summed E-state index contributed by atoms with van der Waals surface area (Å²) in [5, 5.41) is 20.8. The number of nitrogens with one attached hydrogen (secondary N) is 1. The van der Waals surface area contributed by atoms with E-state index in [0.29, 0.717) is 12.8 Å². The van der Waals surface area contributed by atoms with Crippen molar-refractivity contribution in [1.82, 2.24) is 5.32 Å². The average molecular weight is 243 g/mol. The fraction of sp³-hybridized carbons (Fsp3) is 0.833. The van der Waals surface area contributed by atoms with Gasteiger partial charge in [-0.15, -0.1) is 0 Å². The highest BCUT2D eigenvalue weighted by molar-refractivity contribution is 5.85. The highest BCUT2D eigenvalue weighted by atomic mass is 16.4. The van der Waals surface area contributed by atoms with Crippen LogP contribution < -0.4 is 5.32 Å². The molecule has 5 nitrogen and oxygen atoms in total. The molecule has 1 fully saturated rings. The second-order valence-corrected chi connectivity index (χ2v) is 4.94. The Hall–Kier alpha value is -1.10. The van der Waals surface area contributed by atoms with Crippen molar-refractivity contribution in [3.8, 4) is 0 Å². The van der Waals surface area contributed by atoms with Crippen LogP contribution in [0.2, 0.25) is 0 Å². The summed E-state index contributed by atoms with van der Waals surface area (Å²) in [6.07, 6.45) is 2.01. The summed E-state index contributed by atoms with van der Waals surface area (Å²) in [6.45, 7) is 3.67. The molecular weight excluding hydrogens is 222 g/mol. The Morgan fingerprint density at radius 1 is 1.29 bits per heavy atom. The number of aliphatic hydroxyl groups is 1. The van der Waals surface area contributed by atoms with E-state index in [1.165, 1.54) is 0 Å². The van der Waals surface area contributed by atoms with E-state index in [0.717, 1.165) is 6.42 Å². The summed E-state index contributed by atoms with van der Waals surface area (Å²) >= 11 is 0. The third-order valence-corrected chi connectivity index (χ3v) is 3.68. The second-order valence-electron chi connectivity index (χ2n) is 4.94. The molecule has 0 aliphatic heterocycles. The van der Waals surface area contributed by atoms with Crippen molar-refractivity contribution in [2.24, 2.45) is 17.8 Å². The molecule has 4 atom stereocenters. The Balaban J connectivity index is 2.55. The molecule has 0 aromatic heterocycles. The smallest absolute Gasteiger partial charge is 0.307 e. The number of carboxylic acids is 1. The first-order chi connectivity index (χ1) is 7.97. The molecule has 3 N–H and O–H groups in total.